The van der Waals surface area contributed by atoms with Crippen molar-refractivity contribution in [3.63, 3.8) is 0 Å². The fourth-order valence-corrected chi connectivity index (χ4v) is 2.51. The smallest absolute Gasteiger partial charge is 0.122 e. The second-order valence-corrected chi connectivity index (χ2v) is 5.05. The second kappa shape index (κ2) is 4.63. The van der Waals surface area contributed by atoms with Gasteiger partial charge in [-0.25, -0.2) is 0 Å². The number of hydrogen-bond donors (Lipinski definition) is 1. The summed E-state index contributed by atoms with van der Waals surface area (Å²) in [5.74, 6) is 0. The van der Waals surface area contributed by atoms with E-state index >= 15 is 0 Å². The van der Waals surface area contributed by atoms with Gasteiger partial charge in [-0.2, -0.15) is 5.10 Å². The zero-order chi connectivity index (χ0) is 12.6. The van der Waals surface area contributed by atoms with Crippen LogP contribution in [0, 0.1) is 13.8 Å². The quantitative estimate of drug-likeness (QED) is 0.925. The van der Waals surface area contributed by atoms with Gasteiger partial charge < -0.3 is 5.11 Å². The Balaban J connectivity index is 2.51. The average Bonchev–Trinajstić information content (AvgIpc) is 2.62. The molecule has 17 heavy (non-hydrogen) atoms. The Bertz CT molecular complexity index is 529. The molecule has 2 aromatic rings. The van der Waals surface area contributed by atoms with E-state index in [9.17, 15) is 5.11 Å². The summed E-state index contributed by atoms with van der Waals surface area (Å²) < 4.78 is 2.52. The molecule has 1 aromatic carbocycles. The molecule has 1 unspecified atom stereocenters. The maximum atomic E-state index is 10.5. The molecule has 0 spiro atoms. The van der Waals surface area contributed by atoms with Crippen LogP contribution >= 0.6 is 15.9 Å². The molecule has 2 rings (SSSR count). The number of aliphatic hydroxyl groups is 1. The van der Waals surface area contributed by atoms with E-state index in [2.05, 4.69) is 21.0 Å². The Hall–Kier alpha value is -1.13. The van der Waals surface area contributed by atoms with E-state index < -0.39 is 6.10 Å². The number of hydrogen-bond acceptors (Lipinski definition) is 2. The SMILES string of the molecule is Cc1cccc(C(O)c2c(Br)cnn2C)c1C. The molecule has 0 aliphatic rings. The van der Waals surface area contributed by atoms with Crippen LogP contribution in [0.25, 0.3) is 0 Å². The number of rotatable bonds is 2. The van der Waals surface area contributed by atoms with Gasteiger partial charge in [-0.05, 0) is 46.5 Å². The first-order valence-corrected chi connectivity index (χ1v) is 6.23. The molecule has 3 nitrogen and oxygen atoms in total. The molecule has 0 aliphatic heterocycles. The minimum atomic E-state index is -0.656. The van der Waals surface area contributed by atoms with Crippen LogP contribution in [0.15, 0.2) is 28.9 Å². The van der Waals surface area contributed by atoms with Crippen molar-refractivity contribution in [2.75, 3.05) is 0 Å². The molecule has 0 bridgehead atoms. The first-order chi connectivity index (χ1) is 8.02. The fourth-order valence-electron chi connectivity index (χ4n) is 1.95. The zero-order valence-corrected chi connectivity index (χ0v) is 11.7. The summed E-state index contributed by atoms with van der Waals surface area (Å²) in [6.45, 7) is 4.07. The average molecular weight is 295 g/mol. The van der Waals surface area contributed by atoms with Crippen LogP contribution in [0.3, 0.4) is 0 Å². The summed E-state index contributed by atoms with van der Waals surface area (Å²) in [6, 6.07) is 5.96. The molecule has 1 N–H and O–H groups in total. The van der Waals surface area contributed by atoms with Gasteiger partial charge in [-0.1, -0.05) is 18.2 Å². The number of nitrogens with zero attached hydrogens (tertiary/aromatic N) is 2. The molecule has 90 valence electrons. The van der Waals surface area contributed by atoms with Gasteiger partial charge in [-0.15, -0.1) is 0 Å². The molecule has 0 radical (unpaired) electrons. The van der Waals surface area contributed by atoms with Gasteiger partial charge in [-0.3, -0.25) is 4.68 Å². The summed E-state index contributed by atoms with van der Waals surface area (Å²) in [5.41, 5.74) is 4.00. The predicted molar refractivity (Wildman–Crippen MR) is 70.9 cm³/mol. The van der Waals surface area contributed by atoms with Crippen molar-refractivity contribution >= 4 is 15.9 Å². The molecule has 0 saturated carbocycles. The molecule has 1 heterocycles. The first-order valence-electron chi connectivity index (χ1n) is 5.44. The fraction of sp³-hybridized carbons (Fsp3) is 0.308. The number of benzene rings is 1. The van der Waals surface area contributed by atoms with Gasteiger partial charge in [0.25, 0.3) is 0 Å². The molecule has 1 aromatic heterocycles. The lowest BCUT2D eigenvalue weighted by Gasteiger charge is -2.16. The predicted octanol–water partition coefficient (Wildman–Crippen LogP) is 2.88. The lowest BCUT2D eigenvalue weighted by molar-refractivity contribution is 0.208. The molecule has 0 saturated heterocycles. The summed E-state index contributed by atoms with van der Waals surface area (Å²) in [7, 11) is 1.83. The first kappa shape index (κ1) is 12.3. The van der Waals surface area contributed by atoms with E-state index in [4.69, 9.17) is 0 Å². The van der Waals surface area contributed by atoms with Crippen molar-refractivity contribution in [1.29, 1.82) is 0 Å². The number of aryl methyl sites for hydroxylation is 2. The van der Waals surface area contributed by atoms with E-state index in [-0.39, 0.29) is 0 Å². The van der Waals surface area contributed by atoms with Crippen LogP contribution < -0.4 is 0 Å². The topological polar surface area (TPSA) is 38.1 Å². The summed E-state index contributed by atoms with van der Waals surface area (Å²) in [5, 5.41) is 14.6. The second-order valence-electron chi connectivity index (χ2n) is 4.19. The van der Waals surface area contributed by atoms with Crippen molar-refractivity contribution in [3.8, 4) is 0 Å². The molecular weight excluding hydrogens is 280 g/mol. The summed E-state index contributed by atoms with van der Waals surface area (Å²) >= 11 is 3.41. The Morgan fingerprint density at radius 2 is 2.06 bits per heavy atom. The summed E-state index contributed by atoms with van der Waals surface area (Å²) in [6.07, 6.45) is 1.04. The van der Waals surface area contributed by atoms with Crippen LogP contribution in [-0.2, 0) is 7.05 Å². The van der Waals surface area contributed by atoms with Crippen molar-refractivity contribution in [2.45, 2.75) is 20.0 Å². The van der Waals surface area contributed by atoms with Crippen LogP contribution in [0.2, 0.25) is 0 Å². The number of halogens is 1. The van der Waals surface area contributed by atoms with Crippen LogP contribution in [0.1, 0.15) is 28.5 Å². The van der Waals surface area contributed by atoms with Gasteiger partial charge in [0, 0.05) is 7.05 Å². The molecule has 0 fully saturated rings. The Morgan fingerprint density at radius 1 is 1.35 bits per heavy atom. The maximum Gasteiger partial charge on any atom is 0.122 e. The van der Waals surface area contributed by atoms with Gasteiger partial charge in [0.15, 0.2) is 0 Å². The van der Waals surface area contributed by atoms with E-state index in [0.29, 0.717) is 0 Å². The Morgan fingerprint density at radius 3 is 2.65 bits per heavy atom. The van der Waals surface area contributed by atoms with Crippen molar-refractivity contribution in [1.82, 2.24) is 9.78 Å². The van der Waals surface area contributed by atoms with Crippen LogP contribution in [-0.4, -0.2) is 14.9 Å². The van der Waals surface area contributed by atoms with E-state index in [1.54, 1.807) is 10.9 Å². The van der Waals surface area contributed by atoms with E-state index in [1.165, 1.54) is 5.56 Å². The number of aliphatic hydroxyl groups excluding tert-OH is 1. The third kappa shape index (κ3) is 2.15. The minimum Gasteiger partial charge on any atom is -0.382 e. The molecule has 4 heteroatoms. The third-order valence-corrected chi connectivity index (χ3v) is 3.75. The summed E-state index contributed by atoms with van der Waals surface area (Å²) in [4.78, 5) is 0. The Kier molecular flexibility index (Phi) is 3.35. The largest absolute Gasteiger partial charge is 0.382 e. The molecule has 0 amide bonds. The lowest BCUT2D eigenvalue weighted by atomic mass is 9.97. The highest BCUT2D eigenvalue weighted by Gasteiger charge is 2.19. The zero-order valence-electron chi connectivity index (χ0n) is 10.1. The third-order valence-electron chi connectivity index (χ3n) is 3.14. The van der Waals surface area contributed by atoms with Crippen LogP contribution in [0.5, 0.6) is 0 Å². The highest BCUT2D eigenvalue weighted by molar-refractivity contribution is 9.10. The number of aromatic nitrogens is 2. The minimum absolute atomic E-state index is 0.656. The monoisotopic (exact) mass is 294 g/mol. The standard InChI is InChI=1S/C13H15BrN2O/c1-8-5-4-6-10(9(8)2)13(17)12-11(14)7-15-16(12)3/h4-7,13,17H,1-3H3. The highest BCUT2D eigenvalue weighted by Crippen LogP contribution is 2.30. The molecule has 1 atom stereocenters. The van der Waals surface area contributed by atoms with E-state index in [1.807, 2.05) is 39.1 Å². The van der Waals surface area contributed by atoms with Gasteiger partial charge in [0.2, 0.25) is 0 Å². The van der Waals surface area contributed by atoms with Crippen molar-refractivity contribution in [3.05, 3.63) is 51.3 Å². The van der Waals surface area contributed by atoms with Gasteiger partial charge in [0.1, 0.15) is 6.10 Å². The van der Waals surface area contributed by atoms with Crippen molar-refractivity contribution < 1.29 is 5.11 Å². The lowest BCUT2D eigenvalue weighted by Crippen LogP contribution is -2.09. The van der Waals surface area contributed by atoms with Gasteiger partial charge in [0.05, 0.1) is 16.4 Å². The Labute approximate surface area is 109 Å². The molecular formula is C13H15BrN2O. The highest BCUT2D eigenvalue weighted by atomic mass is 79.9. The van der Waals surface area contributed by atoms with E-state index in [0.717, 1.165) is 21.3 Å². The van der Waals surface area contributed by atoms with Gasteiger partial charge >= 0.3 is 0 Å². The van der Waals surface area contributed by atoms with Crippen molar-refractivity contribution in [2.24, 2.45) is 7.05 Å². The van der Waals surface area contributed by atoms with Crippen LogP contribution in [0.4, 0.5) is 0 Å². The normalized spacial score (nSPS) is 12.8. The molecule has 0 aliphatic carbocycles. The maximum absolute atomic E-state index is 10.5.